The lowest BCUT2D eigenvalue weighted by atomic mass is 9.80. The Morgan fingerprint density at radius 3 is 2.18 bits per heavy atom. The molecule has 2 aromatic rings. The topological polar surface area (TPSA) is 95.9 Å². The minimum atomic E-state index is -1.17. The van der Waals surface area contributed by atoms with Crippen LogP contribution in [0.2, 0.25) is 0 Å². The van der Waals surface area contributed by atoms with E-state index in [0.29, 0.717) is 12.8 Å². The van der Waals surface area contributed by atoms with E-state index in [1.807, 2.05) is 36.4 Å². The van der Waals surface area contributed by atoms with E-state index in [0.717, 1.165) is 41.5 Å². The zero-order chi connectivity index (χ0) is 24.1. The number of carbonyl (C=O) groups excluding carboxylic acids is 2. The number of carboxylic acids is 1. The number of fused-ring (bicyclic) bond motifs is 3. The normalized spacial score (nSPS) is 16.1. The van der Waals surface area contributed by atoms with Crippen molar-refractivity contribution in [3.8, 4) is 11.1 Å². The number of hydrogen-bond acceptors (Lipinski definition) is 4. The van der Waals surface area contributed by atoms with Gasteiger partial charge < -0.3 is 20.1 Å². The Morgan fingerprint density at radius 1 is 1.03 bits per heavy atom. The summed E-state index contributed by atoms with van der Waals surface area (Å²) < 4.78 is 5.68. The van der Waals surface area contributed by atoms with Gasteiger partial charge in [-0.15, -0.1) is 6.58 Å². The Bertz CT molecular complexity index is 1040. The van der Waals surface area contributed by atoms with Gasteiger partial charge in [0.05, 0.1) is 0 Å². The third-order valence-corrected chi connectivity index (χ3v) is 6.76. The van der Waals surface area contributed by atoms with Crippen LogP contribution in [-0.2, 0) is 14.3 Å². The Kier molecular flexibility index (Phi) is 7.01. The fourth-order valence-corrected chi connectivity index (χ4v) is 5.22. The van der Waals surface area contributed by atoms with Crippen LogP contribution in [0.25, 0.3) is 11.1 Å². The minimum absolute atomic E-state index is 0.0829. The zero-order valence-electron chi connectivity index (χ0n) is 19.2. The van der Waals surface area contributed by atoms with Gasteiger partial charge in [-0.05, 0) is 35.1 Å². The molecule has 2 aliphatic carbocycles. The molecule has 34 heavy (non-hydrogen) atoms. The van der Waals surface area contributed by atoms with Crippen molar-refractivity contribution in [2.75, 3.05) is 19.7 Å². The molecule has 0 spiro atoms. The van der Waals surface area contributed by atoms with Crippen LogP contribution in [0.3, 0.4) is 0 Å². The lowest BCUT2D eigenvalue weighted by molar-refractivity contribution is -0.147. The van der Waals surface area contributed by atoms with Crippen molar-refractivity contribution in [3.63, 3.8) is 0 Å². The molecule has 1 fully saturated rings. The second kappa shape index (κ2) is 10.1. The van der Waals surface area contributed by atoms with Crippen LogP contribution in [0.15, 0.2) is 61.2 Å². The molecule has 0 aromatic heterocycles. The van der Waals surface area contributed by atoms with Gasteiger partial charge in [-0.25, -0.2) is 4.79 Å². The molecule has 0 saturated heterocycles. The number of benzene rings is 2. The van der Waals surface area contributed by atoms with E-state index < -0.39 is 30.1 Å². The van der Waals surface area contributed by atoms with E-state index in [-0.39, 0.29) is 19.1 Å². The lowest BCUT2D eigenvalue weighted by Gasteiger charge is -2.39. The first-order valence-corrected chi connectivity index (χ1v) is 11.7. The van der Waals surface area contributed by atoms with Gasteiger partial charge in [0.1, 0.15) is 18.7 Å². The van der Waals surface area contributed by atoms with Gasteiger partial charge >= 0.3 is 12.1 Å². The molecular weight excluding hydrogens is 432 g/mol. The highest BCUT2D eigenvalue weighted by molar-refractivity contribution is 5.92. The van der Waals surface area contributed by atoms with Gasteiger partial charge in [-0.3, -0.25) is 9.59 Å². The van der Waals surface area contributed by atoms with E-state index >= 15 is 0 Å². The zero-order valence-corrected chi connectivity index (χ0v) is 19.2. The molecule has 1 saturated carbocycles. The molecule has 2 N–H and O–H groups in total. The highest BCUT2D eigenvalue weighted by Gasteiger charge is 2.44. The fraction of sp³-hybridized carbons (Fsp3) is 0.370. The highest BCUT2D eigenvalue weighted by Crippen LogP contribution is 2.44. The van der Waals surface area contributed by atoms with E-state index in [2.05, 4.69) is 24.0 Å². The second-order valence-corrected chi connectivity index (χ2v) is 8.96. The number of nitrogens with zero attached hydrogens (tertiary/aromatic N) is 1. The van der Waals surface area contributed by atoms with Crippen LogP contribution in [0, 0.1) is 0 Å². The maximum Gasteiger partial charge on any atom is 0.408 e. The number of hydrogen-bond donors (Lipinski definition) is 2. The number of aliphatic carboxylic acids is 1. The van der Waals surface area contributed by atoms with Gasteiger partial charge in [0.2, 0.25) is 5.91 Å². The molecule has 178 valence electrons. The average Bonchev–Trinajstić information content (AvgIpc) is 3.16. The molecule has 7 heteroatoms. The van der Waals surface area contributed by atoms with Crippen LogP contribution < -0.4 is 5.32 Å². The number of rotatable bonds is 8. The summed E-state index contributed by atoms with van der Waals surface area (Å²) in [7, 11) is 0. The Hall–Kier alpha value is -3.61. The molecule has 7 nitrogen and oxygen atoms in total. The second-order valence-electron chi connectivity index (χ2n) is 8.96. The van der Waals surface area contributed by atoms with Crippen molar-refractivity contribution in [1.29, 1.82) is 0 Å². The molecule has 4 rings (SSSR count). The van der Waals surface area contributed by atoms with Gasteiger partial charge in [0, 0.05) is 12.5 Å². The van der Waals surface area contributed by atoms with E-state index in [1.165, 1.54) is 11.0 Å². The van der Waals surface area contributed by atoms with Gasteiger partial charge in [-0.1, -0.05) is 73.9 Å². The third kappa shape index (κ3) is 4.69. The first-order valence-electron chi connectivity index (χ1n) is 11.7. The van der Waals surface area contributed by atoms with Gasteiger partial charge in [0.25, 0.3) is 0 Å². The Labute approximate surface area is 199 Å². The average molecular weight is 463 g/mol. The summed E-state index contributed by atoms with van der Waals surface area (Å²) in [5, 5.41) is 12.1. The summed E-state index contributed by atoms with van der Waals surface area (Å²) in [6, 6.07) is 16.2. The molecular formula is C27H30N2O5. The molecule has 0 unspecified atom stereocenters. The number of amides is 2. The number of carbonyl (C=O) groups is 3. The van der Waals surface area contributed by atoms with E-state index in [4.69, 9.17) is 4.74 Å². The number of carboxylic acid groups (broad SMARTS) is 1. The quantitative estimate of drug-likeness (QED) is 0.570. The molecule has 0 aliphatic heterocycles. The van der Waals surface area contributed by atoms with Crippen LogP contribution in [0.4, 0.5) is 4.79 Å². The maximum atomic E-state index is 13.4. The predicted molar refractivity (Wildman–Crippen MR) is 128 cm³/mol. The van der Waals surface area contributed by atoms with Crippen LogP contribution in [0.1, 0.15) is 49.1 Å². The summed E-state index contributed by atoms with van der Waals surface area (Å²) in [6.45, 7) is 3.43. The first-order chi connectivity index (χ1) is 16.4. The van der Waals surface area contributed by atoms with Gasteiger partial charge in [-0.2, -0.15) is 0 Å². The first kappa shape index (κ1) is 23.5. The van der Waals surface area contributed by atoms with Gasteiger partial charge in [0.15, 0.2) is 0 Å². The van der Waals surface area contributed by atoms with Crippen molar-refractivity contribution in [2.45, 2.75) is 43.6 Å². The molecule has 0 radical (unpaired) electrons. The summed E-state index contributed by atoms with van der Waals surface area (Å²) >= 11 is 0. The molecule has 0 atom stereocenters. The largest absolute Gasteiger partial charge is 0.480 e. The van der Waals surface area contributed by atoms with Crippen molar-refractivity contribution in [2.24, 2.45) is 0 Å². The standard InChI is InChI=1S/C27H30N2O5/c1-2-16-29(17-24(30)31)25(32)27(14-8-3-9-15-27)28-26(33)34-18-23-21-12-6-4-10-19(21)20-11-5-7-13-22(20)23/h2,4-7,10-13,23H,1,3,8-9,14-18H2,(H,28,33)(H,30,31). The Morgan fingerprint density at radius 2 is 1.62 bits per heavy atom. The number of nitrogens with one attached hydrogen (secondary N) is 1. The lowest BCUT2D eigenvalue weighted by Crippen LogP contribution is -2.61. The smallest absolute Gasteiger partial charge is 0.408 e. The number of ether oxygens (including phenoxy) is 1. The van der Waals surface area contributed by atoms with Crippen LogP contribution in [0.5, 0.6) is 0 Å². The van der Waals surface area contributed by atoms with Crippen LogP contribution in [-0.4, -0.2) is 53.2 Å². The number of alkyl carbamates (subject to hydrolysis) is 1. The van der Waals surface area contributed by atoms with Crippen molar-refractivity contribution >= 4 is 18.0 Å². The summed E-state index contributed by atoms with van der Waals surface area (Å²) in [4.78, 5) is 38.9. The minimum Gasteiger partial charge on any atom is -0.480 e. The SMILES string of the molecule is C=CCN(CC(=O)O)C(=O)C1(NC(=O)OCC2c3ccccc3-c3ccccc32)CCCCC1. The predicted octanol–water partition coefficient (Wildman–Crippen LogP) is 4.33. The molecule has 0 heterocycles. The molecule has 2 aliphatic rings. The van der Waals surface area contributed by atoms with E-state index in [9.17, 15) is 19.5 Å². The summed E-state index contributed by atoms with van der Waals surface area (Å²) in [6.07, 6.45) is 4.22. The van der Waals surface area contributed by atoms with Crippen LogP contribution >= 0.6 is 0 Å². The summed E-state index contributed by atoms with van der Waals surface area (Å²) in [5.41, 5.74) is 3.33. The van der Waals surface area contributed by atoms with E-state index in [1.54, 1.807) is 0 Å². The fourth-order valence-electron chi connectivity index (χ4n) is 5.22. The third-order valence-electron chi connectivity index (χ3n) is 6.76. The summed E-state index contributed by atoms with van der Waals surface area (Å²) in [5.74, 6) is -1.59. The van der Waals surface area contributed by atoms with Crippen molar-refractivity contribution < 1.29 is 24.2 Å². The Balaban J connectivity index is 1.49. The molecule has 2 aromatic carbocycles. The molecule has 2 amide bonds. The monoisotopic (exact) mass is 462 g/mol. The maximum absolute atomic E-state index is 13.4. The van der Waals surface area contributed by atoms with Crippen molar-refractivity contribution in [1.82, 2.24) is 10.2 Å². The van der Waals surface area contributed by atoms with Crippen molar-refractivity contribution in [3.05, 3.63) is 72.3 Å². The highest BCUT2D eigenvalue weighted by atomic mass is 16.5. The molecule has 0 bridgehead atoms.